The van der Waals surface area contributed by atoms with E-state index in [1.165, 1.54) is 0 Å². The highest BCUT2D eigenvalue weighted by Crippen LogP contribution is 2.20. The van der Waals surface area contributed by atoms with Crippen molar-refractivity contribution in [3.05, 3.63) is 64.2 Å². The summed E-state index contributed by atoms with van der Waals surface area (Å²) in [7, 11) is 0. The molecule has 1 fully saturated rings. The van der Waals surface area contributed by atoms with Gasteiger partial charge < -0.3 is 10.2 Å². The largest absolute Gasteiger partial charge is 0.340 e. The molecule has 2 aromatic rings. The summed E-state index contributed by atoms with van der Waals surface area (Å²) in [6.07, 6.45) is 0.432. The summed E-state index contributed by atoms with van der Waals surface area (Å²) < 4.78 is 0. The predicted octanol–water partition coefficient (Wildman–Crippen LogP) is 3.28. The van der Waals surface area contributed by atoms with E-state index in [1.54, 1.807) is 6.07 Å². The number of nitrogens with one attached hydrogen (secondary N) is 1. The first-order valence-corrected chi connectivity index (χ1v) is 9.91. The number of aryl methyl sites for hydroxylation is 2. The summed E-state index contributed by atoms with van der Waals surface area (Å²) in [5.74, 6) is 0.0762. The second kappa shape index (κ2) is 9.22. The van der Waals surface area contributed by atoms with Gasteiger partial charge in [-0.3, -0.25) is 14.5 Å². The van der Waals surface area contributed by atoms with Crippen molar-refractivity contribution in [1.82, 2.24) is 9.80 Å². The van der Waals surface area contributed by atoms with Crippen LogP contribution in [0.1, 0.15) is 16.7 Å². The van der Waals surface area contributed by atoms with Crippen LogP contribution in [0.4, 0.5) is 5.69 Å². The molecular weight excluding hydrogens is 374 g/mol. The first-order chi connectivity index (χ1) is 13.4. The molecule has 148 valence electrons. The van der Waals surface area contributed by atoms with E-state index in [2.05, 4.69) is 10.2 Å². The summed E-state index contributed by atoms with van der Waals surface area (Å²) in [6, 6.07) is 13.5. The van der Waals surface area contributed by atoms with Crippen molar-refractivity contribution in [2.45, 2.75) is 20.3 Å². The molecule has 0 bridgehead atoms. The van der Waals surface area contributed by atoms with Gasteiger partial charge >= 0.3 is 0 Å². The third kappa shape index (κ3) is 5.33. The Bertz CT molecular complexity index is 861. The van der Waals surface area contributed by atoms with Gasteiger partial charge in [-0.1, -0.05) is 41.9 Å². The van der Waals surface area contributed by atoms with Gasteiger partial charge in [-0.2, -0.15) is 0 Å². The number of halogens is 1. The molecule has 1 aliphatic heterocycles. The maximum absolute atomic E-state index is 12.6. The predicted molar refractivity (Wildman–Crippen MR) is 113 cm³/mol. The van der Waals surface area contributed by atoms with Crippen LogP contribution in [-0.2, 0) is 16.0 Å². The highest BCUT2D eigenvalue weighted by atomic mass is 35.5. The molecule has 0 unspecified atom stereocenters. The Hall–Kier alpha value is -2.37. The van der Waals surface area contributed by atoms with Crippen LogP contribution in [0.15, 0.2) is 42.5 Å². The molecule has 0 saturated carbocycles. The van der Waals surface area contributed by atoms with Gasteiger partial charge in [0.2, 0.25) is 11.8 Å². The van der Waals surface area contributed by atoms with E-state index in [1.807, 2.05) is 55.1 Å². The molecule has 3 rings (SSSR count). The molecule has 28 heavy (non-hydrogen) atoms. The number of hydrogen-bond donors (Lipinski definition) is 1. The summed E-state index contributed by atoms with van der Waals surface area (Å²) in [5, 5.41) is 3.52. The quantitative estimate of drug-likeness (QED) is 0.839. The number of amides is 2. The van der Waals surface area contributed by atoms with Crippen molar-refractivity contribution < 1.29 is 9.59 Å². The van der Waals surface area contributed by atoms with Gasteiger partial charge in [-0.25, -0.2) is 0 Å². The van der Waals surface area contributed by atoms with Crippen molar-refractivity contribution in [3.8, 4) is 0 Å². The van der Waals surface area contributed by atoms with Crippen LogP contribution in [0, 0.1) is 13.8 Å². The van der Waals surface area contributed by atoms with Crippen molar-refractivity contribution in [2.75, 3.05) is 38.0 Å². The Morgan fingerprint density at radius 1 is 1.00 bits per heavy atom. The van der Waals surface area contributed by atoms with Crippen LogP contribution >= 0.6 is 11.6 Å². The van der Waals surface area contributed by atoms with E-state index in [0.717, 1.165) is 16.7 Å². The summed E-state index contributed by atoms with van der Waals surface area (Å²) >= 11 is 6.10. The average molecular weight is 400 g/mol. The summed E-state index contributed by atoms with van der Waals surface area (Å²) in [4.78, 5) is 28.8. The lowest BCUT2D eigenvalue weighted by Gasteiger charge is -2.34. The zero-order valence-corrected chi connectivity index (χ0v) is 17.1. The van der Waals surface area contributed by atoms with Crippen LogP contribution in [0.3, 0.4) is 0 Å². The fourth-order valence-corrected chi connectivity index (χ4v) is 3.49. The average Bonchev–Trinajstić information content (AvgIpc) is 2.67. The lowest BCUT2D eigenvalue weighted by atomic mass is 10.1. The second-order valence-electron chi connectivity index (χ2n) is 7.27. The smallest absolute Gasteiger partial charge is 0.238 e. The van der Waals surface area contributed by atoms with Crippen molar-refractivity contribution in [1.29, 1.82) is 0 Å². The summed E-state index contributed by atoms with van der Waals surface area (Å²) in [5.41, 5.74) is 3.90. The maximum atomic E-state index is 12.6. The van der Waals surface area contributed by atoms with Crippen molar-refractivity contribution in [2.24, 2.45) is 0 Å². The van der Waals surface area contributed by atoms with Gasteiger partial charge in [-0.15, -0.1) is 0 Å². The molecule has 0 spiro atoms. The second-order valence-corrected chi connectivity index (χ2v) is 7.68. The highest BCUT2D eigenvalue weighted by molar-refractivity contribution is 6.31. The molecule has 1 heterocycles. The Kier molecular flexibility index (Phi) is 6.70. The SMILES string of the molecule is Cc1ccc(NC(=O)CN2CCN(C(=O)Cc3ccccc3C)CC2)cc1Cl. The van der Waals surface area contributed by atoms with Gasteiger partial charge in [-0.05, 0) is 42.7 Å². The molecule has 1 aliphatic rings. The number of piperazine rings is 1. The maximum Gasteiger partial charge on any atom is 0.238 e. The molecule has 6 heteroatoms. The number of benzene rings is 2. The number of hydrogen-bond acceptors (Lipinski definition) is 3. The van der Waals surface area contributed by atoms with E-state index in [-0.39, 0.29) is 11.8 Å². The normalized spacial score (nSPS) is 14.8. The minimum absolute atomic E-state index is 0.0698. The standard InChI is InChI=1S/C22H26ClN3O2/c1-16-5-3-4-6-18(16)13-22(28)26-11-9-25(10-12-26)15-21(27)24-19-8-7-17(2)20(23)14-19/h3-8,14H,9-13,15H2,1-2H3,(H,24,27). The van der Waals surface area contributed by atoms with Gasteiger partial charge in [0, 0.05) is 36.9 Å². The zero-order chi connectivity index (χ0) is 20.1. The number of carbonyl (C=O) groups excluding carboxylic acids is 2. The molecule has 0 aliphatic carbocycles. The molecule has 5 nitrogen and oxygen atoms in total. The lowest BCUT2D eigenvalue weighted by molar-refractivity contribution is -0.132. The van der Waals surface area contributed by atoms with Crippen molar-refractivity contribution in [3.63, 3.8) is 0 Å². The Labute approximate surface area is 171 Å². The Balaban J connectivity index is 1.45. The van der Waals surface area contributed by atoms with Crippen molar-refractivity contribution >= 4 is 29.1 Å². The Morgan fingerprint density at radius 3 is 2.39 bits per heavy atom. The fraction of sp³-hybridized carbons (Fsp3) is 0.364. The van der Waals surface area contributed by atoms with Crippen LogP contribution in [0.25, 0.3) is 0 Å². The highest BCUT2D eigenvalue weighted by Gasteiger charge is 2.22. The molecule has 2 aromatic carbocycles. The number of anilines is 1. The molecule has 0 aromatic heterocycles. The number of carbonyl (C=O) groups is 2. The third-order valence-corrected chi connectivity index (χ3v) is 5.56. The number of nitrogens with zero attached hydrogens (tertiary/aromatic N) is 2. The van der Waals surface area contributed by atoms with E-state index < -0.39 is 0 Å². The van der Waals surface area contributed by atoms with Crippen LogP contribution < -0.4 is 5.32 Å². The van der Waals surface area contributed by atoms with E-state index >= 15 is 0 Å². The minimum atomic E-state index is -0.0698. The number of rotatable bonds is 5. The first kappa shape index (κ1) is 20.4. The molecule has 2 amide bonds. The molecule has 0 radical (unpaired) electrons. The monoisotopic (exact) mass is 399 g/mol. The van der Waals surface area contributed by atoms with Gasteiger partial charge in [0.15, 0.2) is 0 Å². The molecular formula is C22H26ClN3O2. The molecule has 0 atom stereocenters. The van der Waals surface area contributed by atoms with Gasteiger partial charge in [0.05, 0.1) is 13.0 Å². The fourth-order valence-electron chi connectivity index (χ4n) is 3.31. The van der Waals surface area contributed by atoms with Crippen LogP contribution in [0.5, 0.6) is 0 Å². The van der Waals surface area contributed by atoms with E-state index in [4.69, 9.17) is 11.6 Å². The van der Waals surface area contributed by atoms with Crippen LogP contribution in [-0.4, -0.2) is 54.3 Å². The summed E-state index contributed by atoms with van der Waals surface area (Å²) in [6.45, 7) is 6.95. The molecule has 1 N–H and O–H groups in total. The molecule has 1 saturated heterocycles. The third-order valence-electron chi connectivity index (χ3n) is 5.15. The van der Waals surface area contributed by atoms with Gasteiger partial charge in [0.25, 0.3) is 0 Å². The van der Waals surface area contributed by atoms with E-state index in [0.29, 0.717) is 49.9 Å². The lowest BCUT2D eigenvalue weighted by Crippen LogP contribution is -2.50. The zero-order valence-electron chi connectivity index (χ0n) is 16.4. The Morgan fingerprint density at radius 2 is 1.71 bits per heavy atom. The minimum Gasteiger partial charge on any atom is -0.340 e. The van der Waals surface area contributed by atoms with Crippen LogP contribution in [0.2, 0.25) is 5.02 Å². The topological polar surface area (TPSA) is 52.7 Å². The van der Waals surface area contributed by atoms with E-state index in [9.17, 15) is 9.59 Å². The first-order valence-electron chi connectivity index (χ1n) is 9.53. The van der Waals surface area contributed by atoms with Gasteiger partial charge in [0.1, 0.15) is 0 Å².